The van der Waals surface area contributed by atoms with E-state index in [0.29, 0.717) is 29.2 Å². The molecule has 0 atom stereocenters. The number of rotatable bonds is 8. The zero-order chi connectivity index (χ0) is 24.2. The smallest absolute Gasteiger partial charge is 0.265 e. The zero-order valence-electron chi connectivity index (χ0n) is 19.2. The van der Waals surface area contributed by atoms with Gasteiger partial charge in [-0.25, -0.2) is 13.1 Å². The molecule has 0 aliphatic carbocycles. The monoisotopic (exact) mass is 485 g/mol. The SMILES string of the molecule is CCOc1ccccc1-c1ccc(C(=O)NS(=O)(=O)c2cccc(Cl)c2C)c(CC(C)C)c1. The molecule has 1 N–H and O–H groups in total. The molecule has 1 amide bonds. The molecule has 0 bridgehead atoms. The molecule has 0 spiro atoms. The van der Waals surface area contributed by atoms with E-state index in [4.69, 9.17) is 16.3 Å². The van der Waals surface area contributed by atoms with Crippen molar-refractivity contribution in [2.24, 2.45) is 5.92 Å². The molecule has 0 aliphatic heterocycles. The molecule has 0 saturated carbocycles. The highest BCUT2D eigenvalue weighted by molar-refractivity contribution is 7.90. The van der Waals surface area contributed by atoms with Crippen molar-refractivity contribution in [3.8, 4) is 16.9 Å². The summed E-state index contributed by atoms with van der Waals surface area (Å²) >= 11 is 6.08. The van der Waals surface area contributed by atoms with E-state index in [0.717, 1.165) is 22.4 Å². The van der Waals surface area contributed by atoms with Crippen LogP contribution in [0.3, 0.4) is 0 Å². The molecular formula is C26H28ClNO4S. The van der Waals surface area contributed by atoms with E-state index in [9.17, 15) is 13.2 Å². The van der Waals surface area contributed by atoms with Gasteiger partial charge in [0.25, 0.3) is 15.9 Å². The Morgan fingerprint density at radius 3 is 2.48 bits per heavy atom. The number of benzene rings is 3. The molecule has 0 aliphatic rings. The second-order valence-electron chi connectivity index (χ2n) is 8.20. The number of hydrogen-bond acceptors (Lipinski definition) is 4. The van der Waals surface area contributed by atoms with Crippen molar-refractivity contribution in [3.05, 3.63) is 82.4 Å². The van der Waals surface area contributed by atoms with Crippen molar-refractivity contribution < 1.29 is 17.9 Å². The molecule has 0 radical (unpaired) electrons. The number of hydrogen-bond donors (Lipinski definition) is 1. The van der Waals surface area contributed by atoms with E-state index in [-0.39, 0.29) is 10.8 Å². The van der Waals surface area contributed by atoms with E-state index >= 15 is 0 Å². The molecule has 0 unspecified atom stereocenters. The van der Waals surface area contributed by atoms with Crippen LogP contribution >= 0.6 is 11.6 Å². The Hall–Kier alpha value is -2.83. The number of amides is 1. The molecule has 0 saturated heterocycles. The molecule has 3 aromatic rings. The second-order valence-corrected chi connectivity index (χ2v) is 10.3. The van der Waals surface area contributed by atoms with E-state index < -0.39 is 15.9 Å². The third-order valence-corrected chi connectivity index (χ3v) is 7.10. The lowest BCUT2D eigenvalue weighted by atomic mass is 9.93. The minimum absolute atomic E-state index is 0.0176. The summed E-state index contributed by atoms with van der Waals surface area (Å²) in [6.45, 7) is 8.17. The van der Waals surface area contributed by atoms with Crippen molar-refractivity contribution in [2.75, 3.05) is 6.61 Å². The predicted octanol–water partition coefficient (Wildman–Crippen LogP) is 6.03. The number of carbonyl (C=O) groups is 1. The van der Waals surface area contributed by atoms with Gasteiger partial charge in [0.2, 0.25) is 0 Å². The Balaban J connectivity index is 2.00. The fourth-order valence-electron chi connectivity index (χ4n) is 3.69. The molecule has 3 aromatic carbocycles. The van der Waals surface area contributed by atoms with Gasteiger partial charge in [0, 0.05) is 16.1 Å². The Bertz CT molecular complexity index is 1270. The zero-order valence-corrected chi connectivity index (χ0v) is 20.8. The van der Waals surface area contributed by atoms with Gasteiger partial charge in [-0.15, -0.1) is 0 Å². The summed E-state index contributed by atoms with van der Waals surface area (Å²) < 4.78 is 33.8. The van der Waals surface area contributed by atoms with Gasteiger partial charge < -0.3 is 4.74 Å². The van der Waals surface area contributed by atoms with Crippen LogP contribution in [0.1, 0.15) is 42.3 Å². The van der Waals surface area contributed by atoms with Crippen molar-refractivity contribution in [1.29, 1.82) is 0 Å². The van der Waals surface area contributed by atoms with Crippen molar-refractivity contribution in [1.82, 2.24) is 4.72 Å². The molecule has 3 rings (SSSR count). The maximum Gasteiger partial charge on any atom is 0.265 e. The highest BCUT2D eigenvalue weighted by Gasteiger charge is 2.23. The number of carbonyl (C=O) groups excluding carboxylic acids is 1. The Morgan fingerprint density at radius 2 is 1.79 bits per heavy atom. The summed E-state index contributed by atoms with van der Waals surface area (Å²) in [4.78, 5) is 13.1. The number of nitrogens with one attached hydrogen (secondary N) is 1. The van der Waals surface area contributed by atoms with Gasteiger partial charge in [0.1, 0.15) is 5.75 Å². The maximum atomic E-state index is 13.1. The summed E-state index contributed by atoms with van der Waals surface area (Å²) in [5.74, 6) is 0.349. The average molecular weight is 486 g/mol. The highest BCUT2D eigenvalue weighted by atomic mass is 35.5. The van der Waals surface area contributed by atoms with Crippen LogP contribution in [0.25, 0.3) is 11.1 Å². The van der Waals surface area contributed by atoms with Crippen LogP contribution in [0, 0.1) is 12.8 Å². The van der Waals surface area contributed by atoms with Crippen LogP contribution < -0.4 is 9.46 Å². The summed E-state index contributed by atoms with van der Waals surface area (Å²) in [6, 6.07) is 17.7. The van der Waals surface area contributed by atoms with E-state index in [2.05, 4.69) is 18.6 Å². The number of halogens is 1. The lowest BCUT2D eigenvalue weighted by Gasteiger charge is -2.16. The largest absolute Gasteiger partial charge is 0.493 e. The summed E-state index contributed by atoms with van der Waals surface area (Å²) in [5, 5.41) is 0.322. The Morgan fingerprint density at radius 1 is 1.06 bits per heavy atom. The first-order chi connectivity index (χ1) is 15.6. The van der Waals surface area contributed by atoms with Crippen LogP contribution in [0.15, 0.2) is 65.6 Å². The lowest BCUT2D eigenvalue weighted by Crippen LogP contribution is -2.32. The molecule has 174 valence electrons. The van der Waals surface area contributed by atoms with Gasteiger partial charge in [-0.2, -0.15) is 0 Å². The third-order valence-electron chi connectivity index (χ3n) is 5.21. The first-order valence-electron chi connectivity index (χ1n) is 10.8. The summed E-state index contributed by atoms with van der Waals surface area (Å²) in [5.41, 5.74) is 3.30. The Labute approximate surface area is 200 Å². The van der Waals surface area contributed by atoms with E-state index in [1.807, 2.05) is 43.3 Å². The summed E-state index contributed by atoms with van der Waals surface area (Å²) in [6.07, 6.45) is 0.615. The molecule has 5 nitrogen and oxygen atoms in total. The van der Waals surface area contributed by atoms with Crippen LogP contribution in [0.2, 0.25) is 5.02 Å². The molecule has 0 fully saturated rings. The van der Waals surface area contributed by atoms with Crippen molar-refractivity contribution in [2.45, 2.75) is 39.0 Å². The minimum Gasteiger partial charge on any atom is -0.493 e. The highest BCUT2D eigenvalue weighted by Crippen LogP contribution is 2.32. The third kappa shape index (κ3) is 5.75. The second kappa shape index (κ2) is 10.4. The molecule has 0 heterocycles. The van der Waals surface area contributed by atoms with Crippen LogP contribution in [-0.2, 0) is 16.4 Å². The van der Waals surface area contributed by atoms with Gasteiger partial charge in [-0.05, 0) is 67.1 Å². The topological polar surface area (TPSA) is 72.5 Å². The number of para-hydroxylation sites is 1. The predicted molar refractivity (Wildman–Crippen MR) is 132 cm³/mol. The molecule has 0 aromatic heterocycles. The maximum absolute atomic E-state index is 13.1. The van der Waals surface area contributed by atoms with E-state index in [1.54, 1.807) is 25.1 Å². The Kier molecular flexibility index (Phi) is 7.82. The van der Waals surface area contributed by atoms with Crippen molar-refractivity contribution in [3.63, 3.8) is 0 Å². The molecule has 7 heteroatoms. The first-order valence-corrected chi connectivity index (χ1v) is 12.7. The van der Waals surface area contributed by atoms with Gasteiger partial charge in [0.05, 0.1) is 11.5 Å². The first kappa shape index (κ1) is 24.8. The van der Waals surface area contributed by atoms with Crippen LogP contribution in [0.4, 0.5) is 0 Å². The standard InChI is InChI=1S/C26H28ClNO4S/c1-5-32-24-11-7-6-9-21(24)19-13-14-22(20(16-19)15-17(2)3)26(29)28-33(30,31)25-12-8-10-23(27)18(25)4/h6-14,16-17H,5,15H2,1-4H3,(H,28,29). The summed E-state index contributed by atoms with van der Waals surface area (Å²) in [7, 11) is -4.09. The van der Waals surface area contributed by atoms with E-state index in [1.165, 1.54) is 6.07 Å². The normalized spacial score (nSPS) is 11.5. The van der Waals surface area contributed by atoms with Gasteiger partial charge in [-0.1, -0.05) is 61.8 Å². The number of sulfonamides is 1. The fourth-order valence-corrected chi connectivity index (χ4v) is 5.15. The van der Waals surface area contributed by atoms with Crippen LogP contribution in [-0.4, -0.2) is 20.9 Å². The minimum atomic E-state index is -4.09. The van der Waals surface area contributed by atoms with Gasteiger partial charge in [-0.3, -0.25) is 4.79 Å². The number of ether oxygens (including phenoxy) is 1. The molecular weight excluding hydrogens is 458 g/mol. The fraction of sp³-hybridized carbons (Fsp3) is 0.269. The van der Waals surface area contributed by atoms with Gasteiger partial charge in [0.15, 0.2) is 0 Å². The van der Waals surface area contributed by atoms with Crippen molar-refractivity contribution >= 4 is 27.5 Å². The lowest BCUT2D eigenvalue weighted by molar-refractivity contribution is 0.0980. The molecule has 33 heavy (non-hydrogen) atoms. The average Bonchev–Trinajstić information content (AvgIpc) is 2.75. The quantitative estimate of drug-likeness (QED) is 0.422. The van der Waals surface area contributed by atoms with Gasteiger partial charge >= 0.3 is 0 Å². The van der Waals surface area contributed by atoms with Crippen LogP contribution in [0.5, 0.6) is 5.75 Å².